The number of thiophene rings is 1. The van der Waals surface area contributed by atoms with E-state index in [9.17, 15) is 19.2 Å². The molecule has 1 aliphatic heterocycles. The number of aromatic nitrogens is 7. The van der Waals surface area contributed by atoms with Crippen molar-refractivity contribution >= 4 is 68.2 Å². The van der Waals surface area contributed by atoms with E-state index in [0.717, 1.165) is 44.1 Å². The first kappa shape index (κ1) is 50.6. The molecule has 1 aliphatic rings. The van der Waals surface area contributed by atoms with Crippen LogP contribution in [0.3, 0.4) is 0 Å². The van der Waals surface area contributed by atoms with Gasteiger partial charge >= 0.3 is 11.7 Å². The van der Waals surface area contributed by atoms with Gasteiger partial charge in [0.2, 0.25) is 5.91 Å². The van der Waals surface area contributed by atoms with E-state index in [4.69, 9.17) is 44.9 Å². The molecule has 2 atom stereocenters. The van der Waals surface area contributed by atoms with Crippen molar-refractivity contribution < 1.29 is 37.7 Å². The Balaban J connectivity index is 0.803. The van der Waals surface area contributed by atoms with Gasteiger partial charge in [0.05, 0.1) is 91.8 Å². The van der Waals surface area contributed by atoms with Crippen LogP contribution in [0, 0.1) is 27.7 Å². The van der Waals surface area contributed by atoms with Gasteiger partial charge in [0.1, 0.15) is 34.9 Å². The Kier molecular flexibility index (Phi) is 15.1. The van der Waals surface area contributed by atoms with Gasteiger partial charge in [-0.05, 0) is 88.6 Å². The van der Waals surface area contributed by atoms with Gasteiger partial charge in [-0.1, -0.05) is 29.8 Å². The van der Waals surface area contributed by atoms with Crippen molar-refractivity contribution in [3.05, 3.63) is 139 Å². The Morgan fingerprint density at radius 2 is 1.73 bits per heavy atom. The predicted octanol–water partition coefficient (Wildman–Crippen LogP) is 8.42. The number of aryl methyl sites for hydroxylation is 3. The molecule has 0 fully saturated rings. The lowest BCUT2D eigenvalue weighted by Crippen LogP contribution is -2.35. The van der Waals surface area contributed by atoms with Crippen LogP contribution in [0.5, 0.6) is 5.75 Å². The number of rotatable bonds is 20. The molecule has 73 heavy (non-hydrogen) atoms. The van der Waals surface area contributed by atoms with Gasteiger partial charge in [-0.2, -0.15) is 0 Å². The molecule has 0 spiro atoms. The summed E-state index contributed by atoms with van der Waals surface area (Å²) in [6.07, 6.45) is 5.71. The van der Waals surface area contributed by atoms with Crippen molar-refractivity contribution in [2.24, 2.45) is 4.99 Å². The van der Waals surface area contributed by atoms with Crippen molar-refractivity contribution in [3.63, 3.8) is 0 Å². The molecule has 0 saturated carbocycles. The molecule has 20 heteroatoms. The Morgan fingerprint density at radius 3 is 2.44 bits per heavy atom. The third kappa shape index (κ3) is 10.1. The predicted molar refractivity (Wildman–Crippen MR) is 277 cm³/mol. The quantitative estimate of drug-likeness (QED) is 0.0432. The number of pyridine rings is 2. The summed E-state index contributed by atoms with van der Waals surface area (Å²) in [6.45, 7) is 10.6. The number of methoxy groups -OCH3 is 2. The number of esters is 1. The van der Waals surface area contributed by atoms with Gasteiger partial charge < -0.3 is 28.7 Å². The summed E-state index contributed by atoms with van der Waals surface area (Å²) in [5, 5.41) is 13.6. The number of carbonyl (C=O) groups is 3. The van der Waals surface area contributed by atoms with E-state index >= 15 is 0 Å². The monoisotopic (exact) mass is 1030 g/mol. The second-order valence-corrected chi connectivity index (χ2v) is 19.1. The van der Waals surface area contributed by atoms with Crippen LogP contribution in [-0.2, 0) is 30.3 Å². The van der Waals surface area contributed by atoms with Crippen LogP contribution in [0.1, 0.15) is 93.3 Å². The maximum atomic E-state index is 14.4. The minimum Gasteiger partial charge on any atom is -0.496 e. The molecule has 0 unspecified atom stereocenters. The van der Waals surface area contributed by atoms with E-state index in [2.05, 4.69) is 20.5 Å². The fourth-order valence-electron chi connectivity index (χ4n) is 9.34. The fourth-order valence-corrected chi connectivity index (χ4v) is 10.8. The van der Waals surface area contributed by atoms with Crippen LogP contribution in [-0.4, -0.2) is 104 Å². The average Bonchev–Trinajstić information content (AvgIpc) is 4.10. The Labute approximate surface area is 429 Å². The van der Waals surface area contributed by atoms with Crippen LogP contribution in [0.2, 0.25) is 5.02 Å². The minimum absolute atomic E-state index is 0.0375. The average molecular weight is 1030 g/mol. The fraction of sp³-hybridized carbons (Fsp3) is 0.340. The smallest absolute Gasteiger partial charge is 0.330 e. The number of Topliss-reactive ketones (excluding diaryl/α,β-unsaturated/α-hetero) is 1. The third-order valence-electron chi connectivity index (χ3n) is 12.9. The SMILES string of the molecule is COC(=O)C[C@@H]1N=C(c2ccc(Cl)cc2)c2c(sc(C(=O)CCCOCCOCCNC(=O)Cn3c(=O)n([C@H](C)c4ccccn4)c4c5cc(OC)c(-c6c(C)coc6C)cc5ncc43)c2C)-n2c(C)nnc21. The number of halogens is 1. The number of fused-ring (bicyclic) bond motifs is 6. The standard InChI is InChI=1S/C53H54ClN9O9S/c1-29-28-72-32(4)46(29)37-23-39-36(24-43(37)68-6)49-41(26-57-39)61(53(67)62(49)31(3)38-11-8-9-17-55-38)27-44(65)56-18-20-71-22-21-70-19-10-12-42(64)50-30(2)47-48(34-13-15-35(54)16-14-34)58-40(25-45(66)69-7)51-60-59-33(5)63(51)52(47)73-50/h8-9,11,13-17,23-24,26,28,31,40H,10,12,18-22,25,27H2,1-7H3,(H,56,65)/t31-,40+/m1/s1. The first-order valence-corrected chi connectivity index (χ1v) is 25.0. The maximum absolute atomic E-state index is 14.4. The summed E-state index contributed by atoms with van der Waals surface area (Å²) in [6, 6.07) is 15.5. The molecule has 8 aromatic rings. The van der Waals surface area contributed by atoms with Gasteiger partial charge in [0.25, 0.3) is 0 Å². The number of carbonyl (C=O) groups excluding carboxylic acids is 3. The van der Waals surface area contributed by atoms with Crippen molar-refractivity contribution in [1.29, 1.82) is 0 Å². The first-order valence-electron chi connectivity index (χ1n) is 23.8. The molecule has 0 bridgehead atoms. The molecule has 1 N–H and O–H groups in total. The van der Waals surface area contributed by atoms with E-state index in [1.165, 1.54) is 23.0 Å². The second kappa shape index (κ2) is 21.8. The Morgan fingerprint density at radius 1 is 0.945 bits per heavy atom. The molecule has 6 aromatic heterocycles. The van der Waals surface area contributed by atoms with E-state index in [-0.39, 0.29) is 63.1 Å². The summed E-state index contributed by atoms with van der Waals surface area (Å²) < 4.78 is 33.2. The second-order valence-electron chi connectivity index (χ2n) is 17.6. The highest BCUT2D eigenvalue weighted by atomic mass is 35.5. The number of aliphatic imine (C=N–C) groups is 1. The zero-order valence-corrected chi connectivity index (χ0v) is 43.1. The summed E-state index contributed by atoms with van der Waals surface area (Å²) in [7, 11) is 2.93. The molecule has 9 rings (SSSR count). The van der Waals surface area contributed by atoms with Gasteiger partial charge in [0.15, 0.2) is 11.6 Å². The van der Waals surface area contributed by atoms with E-state index in [1.54, 1.807) is 42.5 Å². The number of furan rings is 1. The number of benzene rings is 2. The summed E-state index contributed by atoms with van der Waals surface area (Å²) in [5.41, 5.74) is 7.63. The third-order valence-corrected chi connectivity index (χ3v) is 14.5. The highest BCUT2D eigenvalue weighted by Gasteiger charge is 2.34. The van der Waals surface area contributed by atoms with Crippen LogP contribution in [0.25, 0.3) is 38.1 Å². The van der Waals surface area contributed by atoms with Gasteiger partial charge in [-0.25, -0.2) is 4.79 Å². The number of ketones is 1. The van der Waals surface area contributed by atoms with Gasteiger partial charge in [0, 0.05) is 58.4 Å². The van der Waals surface area contributed by atoms with E-state index in [1.807, 2.05) is 81.7 Å². The molecular weight excluding hydrogens is 974 g/mol. The molecule has 1 amide bonds. The van der Waals surface area contributed by atoms with Crippen molar-refractivity contribution in [1.82, 2.24) is 39.2 Å². The summed E-state index contributed by atoms with van der Waals surface area (Å²) in [5.74, 6) is 1.56. The van der Waals surface area contributed by atoms with Crippen LogP contribution >= 0.6 is 22.9 Å². The lowest BCUT2D eigenvalue weighted by Gasteiger charge is -2.15. The van der Waals surface area contributed by atoms with E-state index < -0.39 is 18.1 Å². The number of nitrogens with one attached hydrogen (secondary N) is 1. The maximum Gasteiger partial charge on any atom is 0.330 e. The van der Waals surface area contributed by atoms with Crippen molar-refractivity contribution in [2.75, 3.05) is 47.2 Å². The molecule has 18 nitrogen and oxygen atoms in total. The summed E-state index contributed by atoms with van der Waals surface area (Å²) in [4.78, 5) is 69.2. The Hall–Kier alpha value is -7.32. The largest absolute Gasteiger partial charge is 0.496 e. The molecule has 2 aromatic carbocycles. The number of imidazole rings is 1. The lowest BCUT2D eigenvalue weighted by atomic mass is 9.98. The lowest BCUT2D eigenvalue weighted by molar-refractivity contribution is -0.141. The number of amides is 1. The van der Waals surface area contributed by atoms with Crippen molar-refractivity contribution in [3.8, 4) is 21.9 Å². The highest BCUT2D eigenvalue weighted by Crippen LogP contribution is 2.42. The summed E-state index contributed by atoms with van der Waals surface area (Å²) >= 11 is 7.60. The van der Waals surface area contributed by atoms with Gasteiger partial charge in [-0.3, -0.25) is 43.0 Å². The molecule has 7 heterocycles. The highest BCUT2D eigenvalue weighted by molar-refractivity contribution is 7.17. The Bertz CT molecular complexity index is 3450. The van der Waals surface area contributed by atoms with E-state index in [0.29, 0.717) is 73.7 Å². The van der Waals surface area contributed by atoms with Crippen LogP contribution in [0.15, 0.2) is 87.5 Å². The number of ether oxygens (including phenoxy) is 4. The van der Waals surface area contributed by atoms with Crippen molar-refractivity contribution in [2.45, 2.75) is 72.5 Å². The van der Waals surface area contributed by atoms with Gasteiger partial charge in [-0.15, -0.1) is 21.5 Å². The number of nitrogens with zero attached hydrogens (tertiary/aromatic N) is 8. The zero-order chi connectivity index (χ0) is 51.5. The van der Waals surface area contributed by atoms with Crippen LogP contribution in [0.4, 0.5) is 0 Å². The molecule has 0 saturated heterocycles. The number of hydrogen-bond acceptors (Lipinski definition) is 15. The normalized spacial score (nSPS) is 13.6. The first-order chi connectivity index (χ1) is 35.3. The zero-order valence-electron chi connectivity index (χ0n) is 41.5. The molecule has 0 aliphatic carbocycles. The molecular formula is C53H54ClN9O9S. The van der Waals surface area contributed by atoms with Crippen LogP contribution < -0.4 is 15.7 Å². The molecule has 378 valence electrons. The topological polar surface area (TPSA) is 209 Å². The molecule has 0 radical (unpaired) electrons. The minimum atomic E-state index is -0.674. The number of hydrogen-bond donors (Lipinski definition) is 1.